The minimum absolute atomic E-state index is 0.0585. The highest BCUT2D eigenvalue weighted by atomic mass is 19.4. The lowest BCUT2D eigenvalue weighted by atomic mass is 9.93. The molecule has 3 aliphatic rings. The van der Waals surface area contributed by atoms with E-state index in [1.807, 2.05) is 11.6 Å². The molecule has 0 spiro atoms. The summed E-state index contributed by atoms with van der Waals surface area (Å²) < 4.78 is 53.9. The van der Waals surface area contributed by atoms with Crippen molar-refractivity contribution in [3.05, 3.63) is 17.5 Å². The van der Waals surface area contributed by atoms with E-state index in [9.17, 15) is 13.2 Å². The highest BCUT2D eigenvalue weighted by Crippen LogP contribution is 2.41. The summed E-state index contributed by atoms with van der Waals surface area (Å²) in [6.07, 6.45) is -0.659. The van der Waals surface area contributed by atoms with Crippen LogP contribution in [0.5, 0.6) is 5.75 Å². The molecule has 4 heterocycles. The van der Waals surface area contributed by atoms with E-state index in [0.29, 0.717) is 30.5 Å². The molecular formula is C18H21F3N6O2. The zero-order valence-electron chi connectivity index (χ0n) is 15.8. The summed E-state index contributed by atoms with van der Waals surface area (Å²) >= 11 is 0. The molecule has 0 aromatic carbocycles. The number of hydrogen-bond acceptors (Lipinski definition) is 7. The first-order chi connectivity index (χ1) is 13.9. The fourth-order valence-corrected chi connectivity index (χ4v) is 3.87. The number of alkyl halides is 3. The predicted molar refractivity (Wildman–Crippen MR) is 97.4 cm³/mol. The molecule has 0 amide bonds. The van der Waals surface area contributed by atoms with Gasteiger partial charge in [-0.3, -0.25) is 0 Å². The molecular weight excluding hydrogens is 389 g/mol. The van der Waals surface area contributed by atoms with Crippen LogP contribution in [-0.4, -0.2) is 45.6 Å². The molecule has 0 unspecified atom stereocenters. The van der Waals surface area contributed by atoms with Gasteiger partial charge in [0.1, 0.15) is 17.1 Å². The number of halogens is 3. The summed E-state index contributed by atoms with van der Waals surface area (Å²) in [5.74, 6) is 0.838. The van der Waals surface area contributed by atoms with E-state index in [2.05, 4.69) is 25.7 Å². The Morgan fingerprint density at radius 2 is 2.03 bits per heavy atom. The first kappa shape index (κ1) is 18.5. The molecule has 1 aliphatic carbocycles. The fraction of sp³-hybridized carbons (Fsp3) is 0.611. The minimum Gasteiger partial charge on any atom is -0.487 e. The highest BCUT2D eigenvalue weighted by Gasteiger charge is 2.38. The zero-order chi connectivity index (χ0) is 20.2. The molecule has 2 aromatic heterocycles. The molecule has 8 nitrogen and oxygen atoms in total. The van der Waals surface area contributed by atoms with Gasteiger partial charge in [-0.05, 0) is 26.2 Å². The molecule has 1 saturated heterocycles. The highest BCUT2D eigenvalue weighted by molar-refractivity contribution is 5.62. The van der Waals surface area contributed by atoms with Crippen molar-refractivity contribution < 1.29 is 22.6 Å². The van der Waals surface area contributed by atoms with Gasteiger partial charge in [-0.25, -0.2) is 9.67 Å². The number of rotatable bonds is 1. The minimum atomic E-state index is -4.57. The number of aromatic nitrogens is 4. The second-order valence-electron chi connectivity index (χ2n) is 7.73. The summed E-state index contributed by atoms with van der Waals surface area (Å²) in [7, 11) is 0. The van der Waals surface area contributed by atoms with Gasteiger partial charge in [0.2, 0.25) is 5.95 Å². The lowest BCUT2D eigenvalue weighted by Crippen LogP contribution is -2.33. The van der Waals surface area contributed by atoms with Crippen LogP contribution >= 0.6 is 0 Å². The van der Waals surface area contributed by atoms with Gasteiger partial charge < -0.3 is 20.1 Å². The topological polar surface area (TPSA) is 86.1 Å². The van der Waals surface area contributed by atoms with Gasteiger partial charge in [0.25, 0.3) is 0 Å². The van der Waals surface area contributed by atoms with Crippen LogP contribution in [0.25, 0.3) is 0 Å². The molecule has 29 heavy (non-hydrogen) atoms. The summed E-state index contributed by atoms with van der Waals surface area (Å²) in [5.41, 5.74) is -0.188. The lowest BCUT2D eigenvalue weighted by Gasteiger charge is -2.27. The van der Waals surface area contributed by atoms with Gasteiger partial charge in [0.15, 0.2) is 11.6 Å². The van der Waals surface area contributed by atoms with E-state index >= 15 is 0 Å². The van der Waals surface area contributed by atoms with Crippen LogP contribution in [0.4, 0.5) is 30.8 Å². The molecule has 2 fully saturated rings. The van der Waals surface area contributed by atoms with Crippen LogP contribution in [0.15, 0.2) is 6.20 Å². The second kappa shape index (κ2) is 6.75. The number of anilines is 3. The van der Waals surface area contributed by atoms with Gasteiger partial charge in [-0.1, -0.05) is 0 Å². The van der Waals surface area contributed by atoms with E-state index in [1.165, 1.54) is 0 Å². The molecule has 156 valence electrons. The Morgan fingerprint density at radius 3 is 2.76 bits per heavy atom. The Morgan fingerprint density at radius 1 is 1.21 bits per heavy atom. The number of fused-ring (bicyclic) bond motifs is 4. The first-order valence-electron chi connectivity index (χ1n) is 9.67. The smallest absolute Gasteiger partial charge is 0.421 e. The number of ether oxygens (including phenoxy) is 2. The Balaban J connectivity index is 1.61. The summed E-state index contributed by atoms with van der Waals surface area (Å²) in [4.78, 5) is 8.06. The predicted octanol–water partition coefficient (Wildman–Crippen LogP) is 3.29. The van der Waals surface area contributed by atoms with Gasteiger partial charge in [0, 0.05) is 12.1 Å². The normalized spacial score (nSPS) is 24.3. The molecule has 2 aromatic rings. The van der Waals surface area contributed by atoms with Crippen LogP contribution in [0.1, 0.15) is 36.6 Å². The van der Waals surface area contributed by atoms with Crippen molar-refractivity contribution in [2.45, 2.75) is 44.4 Å². The third-order valence-electron chi connectivity index (χ3n) is 5.74. The number of hydrogen-bond donors (Lipinski definition) is 2. The van der Waals surface area contributed by atoms with Crippen molar-refractivity contribution in [1.29, 1.82) is 0 Å². The van der Waals surface area contributed by atoms with Crippen LogP contribution in [0, 0.1) is 12.8 Å². The van der Waals surface area contributed by atoms with Crippen molar-refractivity contribution in [1.82, 2.24) is 19.7 Å². The van der Waals surface area contributed by atoms with E-state index in [0.717, 1.165) is 25.5 Å². The van der Waals surface area contributed by atoms with Gasteiger partial charge in [0.05, 0.1) is 31.9 Å². The number of nitrogens with zero attached hydrogens (tertiary/aromatic N) is 4. The molecule has 5 rings (SSSR count). The average Bonchev–Trinajstić information content (AvgIpc) is 3.15. The van der Waals surface area contributed by atoms with E-state index in [4.69, 9.17) is 9.47 Å². The summed E-state index contributed by atoms with van der Waals surface area (Å²) in [5, 5.41) is 10.6. The van der Waals surface area contributed by atoms with Crippen molar-refractivity contribution in [2.75, 3.05) is 30.5 Å². The third kappa shape index (κ3) is 3.26. The van der Waals surface area contributed by atoms with Crippen molar-refractivity contribution >= 4 is 17.6 Å². The van der Waals surface area contributed by atoms with Crippen LogP contribution in [0.2, 0.25) is 0 Å². The zero-order valence-corrected chi connectivity index (χ0v) is 15.8. The van der Waals surface area contributed by atoms with Gasteiger partial charge in [-0.2, -0.15) is 23.3 Å². The Labute approximate surface area is 164 Å². The second-order valence-corrected chi connectivity index (χ2v) is 7.73. The van der Waals surface area contributed by atoms with E-state index in [-0.39, 0.29) is 36.4 Å². The number of aryl methyl sites for hydroxylation is 1. The molecule has 11 heteroatoms. The maximum Gasteiger partial charge on any atom is 0.421 e. The molecule has 0 radical (unpaired) electrons. The first-order valence-corrected chi connectivity index (χ1v) is 9.67. The quantitative estimate of drug-likeness (QED) is 0.746. The van der Waals surface area contributed by atoms with Gasteiger partial charge in [-0.15, -0.1) is 0 Å². The summed E-state index contributed by atoms with van der Waals surface area (Å²) in [6, 6.07) is -0.115. The van der Waals surface area contributed by atoms with Gasteiger partial charge >= 0.3 is 6.18 Å². The molecule has 2 aliphatic heterocycles. The maximum absolute atomic E-state index is 13.5. The van der Waals surface area contributed by atoms with Crippen LogP contribution in [0.3, 0.4) is 0 Å². The Bertz CT molecular complexity index is 927. The third-order valence-corrected chi connectivity index (χ3v) is 5.74. The van der Waals surface area contributed by atoms with Crippen molar-refractivity contribution in [2.24, 2.45) is 5.92 Å². The lowest BCUT2D eigenvalue weighted by molar-refractivity contribution is -0.137. The maximum atomic E-state index is 13.5. The molecule has 2 N–H and O–H groups in total. The molecule has 2 bridgehead atoms. The SMILES string of the molecule is Cc1nn(C2CCC2)c2c1OC[C@H]1COC[C@@H]1Nc1nc(ncc1C(F)(F)F)N2. The molecule has 2 atom stereocenters. The van der Waals surface area contributed by atoms with E-state index < -0.39 is 11.7 Å². The Kier molecular flexibility index (Phi) is 4.30. The Hall–Kier alpha value is -2.56. The largest absolute Gasteiger partial charge is 0.487 e. The summed E-state index contributed by atoms with van der Waals surface area (Å²) in [6.45, 7) is 2.84. The number of nitrogens with one attached hydrogen (secondary N) is 2. The fourth-order valence-electron chi connectivity index (χ4n) is 3.87. The average molecular weight is 410 g/mol. The van der Waals surface area contributed by atoms with Crippen LogP contribution in [-0.2, 0) is 10.9 Å². The molecule has 1 saturated carbocycles. The van der Waals surface area contributed by atoms with Crippen LogP contribution < -0.4 is 15.4 Å². The standard InChI is InChI=1S/C18H21F3N6O2/c1-9-14-16(27(26-9)11-3-2-4-11)25-17-22-5-12(18(19,20)21)15(24-17)23-13-8-28-6-10(13)7-29-14/h5,10-11,13H,2-4,6-8H2,1H3,(H2,22,23,24,25)/t10-,13+/m1/s1. The van der Waals surface area contributed by atoms with E-state index in [1.54, 1.807) is 0 Å². The van der Waals surface area contributed by atoms with Crippen molar-refractivity contribution in [3.8, 4) is 5.75 Å². The van der Waals surface area contributed by atoms with Crippen molar-refractivity contribution in [3.63, 3.8) is 0 Å². The monoisotopic (exact) mass is 410 g/mol.